The second kappa shape index (κ2) is 14.7. The number of rotatable bonds is 8. The Bertz CT molecular complexity index is 2610. The number of benzene rings is 3. The molecule has 12 nitrogen and oxygen atoms in total. The number of hydrogen-bond acceptors (Lipinski definition) is 10. The Balaban J connectivity index is 1.03. The first-order chi connectivity index (χ1) is 29.0. The maximum absolute atomic E-state index is 15.2. The van der Waals surface area contributed by atoms with Crippen LogP contribution in [0.25, 0.3) is 20.7 Å². The van der Waals surface area contributed by atoms with Crippen molar-refractivity contribution in [3.63, 3.8) is 0 Å². The van der Waals surface area contributed by atoms with Crippen LogP contribution in [0.4, 0.5) is 17.2 Å². The van der Waals surface area contributed by atoms with E-state index in [1.54, 1.807) is 35.2 Å². The van der Waals surface area contributed by atoms with E-state index in [0.717, 1.165) is 50.4 Å². The summed E-state index contributed by atoms with van der Waals surface area (Å²) in [6.45, 7) is 6.71. The number of fused-ring (bicyclic) bond motifs is 5. The Hall–Kier alpha value is -5.34. The van der Waals surface area contributed by atoms with Gasteiger partial charge in [0.15, 0.2) is 0 Å². The van der Waals surface area contributed by atoms with Crippen LogP contribution in [0.3, 0.4) is 0 Å². The normalized spacial score (nSPS) is 26.4. The quantitative estimate of drug-likeness (QED) is 0.131. The summed E-state index contributed by atoms with van der Waals surface area (Å²) >= 11 is 7.93. The molecular formula is C46H44ClN5O7S. The monoisotopic (exact) mass is 845 g/mol. The number of carbonyl (C=O) groups excluding carboxylic acids is 4. The number of carbonyl (C=O) groups is 4. The smallest absolute Gasteiger partial charge is 0.242 e. The van der Waals surface area contributed by atoms with E-state index in [4.69, 9.17) is 26.2 Å². The maximum atomic E-state index is 15.2. The summed E-state index contributed by atoms with van der Waals surface area (Å²) in [4.78, 5) is 65.0. The van der Waals surface area contributed by atoms with E-state index in [9.17, 15) is 14.7 Å². The summed E-state index contributed by atoms with van der Waals surface area (Å²) < 4.78 is 13.8. The molecule has 60 heavy (non-hydrogen) atoms. The second-order valence-electron chi connectivity index (χ2n) is 16.6. The summed E-state index contributed by atoms with van der Waals surface area (Å²) in [6, 6.07) is 22.6. The molecule has 4 amide bonds. The van der Waals surface area contributed by atoms with Crippen LogP contribution in [0.5, 0.6) is 5.75 Å². The molecule has 0 bridgehead atoms. The lowest BCUT2D eigenvalue weighted by atomic mass is 9.51. The number of hydrogen-bond donors (Lipinski definition) is 1. The van der Waals surface area contributed by atoms with Gasteiger partial charge in [-0.3, -0.25) is 28.8 Å². The van der Waals surface area contributed by atoms with Gasteiger partial charge < -0.3 is 19.5 Å². The van der Waals surface area contributed by atoms with Crippen LogP contribution >= 0.6 is 22.9 Å². The van der Waals surface area contributed by atoms with E-state index in [1.165, 1.54) is 9.80 Å². The number of halogens is 1. The number of imide groups is 2. The molecule has 3 aromatic carbocycles. The van der Waals surface area contributed by atoms with E-state index >= 15 is 9.59 Å². The topological polar surface area (TPSA) is 135 Å². The number of thiophene rings is 1. The predicted molar refractivity (Wildman–Crippen MR) is 229 cm³/mol. The molecular weight excluding hydrogens is 802 g/mol. The lowest BCUT2D eigenvalue weighted by Crippen LogP contribution is -2.48. The highest BCUT2D eigenvalue weighted by atomic mass is 35.5. The second-order valence-corrected chi connectivity index (χ2v) is 18.1. The van der Waals surface area contributed by atoms with Crippen LogP contribution < -0.4 is 19.4 Å². The van der Waals surface area contributed by atoms with E-state index in [1.807, 2.05) is 74.5 Å². The average molecular weight is 846 g/mol. The zero-order valence-corrected chi connectivity index (χ0v) is 35.0. The summed E-state index contributed by atoms with van der Waals surface area (Å²) in [5.41, 5.74) is 3.66. The van der Waals surface area contributed by atoms with Crippen molar-refractivity contribution in [1.82, 2.24) is 9.78 Å². The van der Waals surface area contributed by atoms with Crippen LogP contribution in [0.2, 0.25) is 5.02 Å². The third kappa shape index (κ3) is 5.88. The van der Waals surface area contributed by atoms with Crippen molar-refractivity contribution in [2.75, 3.05) is 54.2 Å². The first-order valence-corrected chi connectivity index (χ1v) is 21.6. The molecule has 1 saturated carbocycles. The molecule has 3 saturated heterocycles. The predicted octanol–water partition coefficient (Wildman–Crippen LogP) is 6.91. The van der Waals surface area contributed by atoms with Gasteiger partial charge in [0.05, 0.1) is 53.6 Å². The molecule has 0 radical (unpaired) electrons. The number of ether oxygens (including phenoxy) is 2. The largest absolute Gasteiger partial charge is 0.491 e. The zero-order chi connectivity index (χ0) is 41.6. The molecule has 308 valence electrons. The summed E-state index contributed by atoms with van der Waals surface area (Å²) in [5, 5.41) is 15.9. The van der Waals surface area contributed by atoms with Gasteiger partial charge in [-0.05, 0) is 104 Å². The zero-order valence-electron chi connectivity index (χ0n) is 33.5. The Morgan fingerprint density at radius 1 is 0.917 bits per heavy atom. The van der Waals surface area contributed by atoms with Crippen molar-refractivity contribution < 1.29 is 33.8 Å². The van der Waals surface area contributed by atoms with Crippen molar-refractivity contribution in [2.45, 2.75) is 32.6 Å². The van der Waals surface area contributed by atoms with Gasteiger partial charge in [0.1, 0.15) is 23.9 Å². The summed E-state index contributed by atoms with van der Waals surface area (Å²) in [7, 11) is 1.74. The number of aliphatic hydroxyl groups excluding tert-OH is 1. The summed E-state index contributed by atoms with van der Waals surface area (Å²) in [6.07, 6.45) is 2.64. The molecule has 4 fully saturated rings. The molecule has 0 unspecified atom stereocenters. The molecule has 2 aromatic heterocycles. The molecule has 1 N–H and O–H groups in total. The number of aliphatic hydroxyl groups is 1. The van der Waals surface area contributed by atoms with Crippen molar-refractivity contribution >= 4 is 73.8 Å². The molecule has 6 atom stereocenters. The minimum absolute atomic E-state index is 0.130. The lowest BCUT2D eigenvalue weighted by molar-refractivity contribution is -0.131. The Morgan fingerprint density at radius 3 is 2.38 bits per heavy atom. The fraction of sp³-hybridized carbons (Fsp3) is 0.370. The Kier molecular flexibility index (Phi) is 9.51. The van der Waals surface area contributed by atoms with Gasteiger partial charge in [-0.1, -0.05) is 35.4 Å². The highest BCUT2D eigenvalue weighted by Crippen LogP contribution is 2.64. The highest BCUT2D eigenvalue weighted by molar-refractivity contribution is 7.22. The SMILES string of the molecule is Cc1c(-c2cc(N3C(=O)[C@@H]4C[C@@H]5C(=CC[C@@H]6C(=O)N(c7ccc(N8CCOCC8)cc7)C(=O)[C@@H]65)[C@H](c5ccc(OCCO)cc5)[C@]4(C)C3=O)n(C)n2)sc2ccc(Cl)cc12. The molecule has 5 aliphatic rings. The van der Waals surface area contributed by atoms with Crippen molar-refractivity contribution in [1.29, 1.82) is 0 Å². The number of aryl methyl sites for hydroxylation is 2. The minimum atomic E-state index is -1.23. The standard InChI is InChI=1S/C46H44ClN5O7S/c1-25-33-22-27(47)6-15-37(33)60-41(25)36-24-38(49(3)48-36)52-43(55)35-23-34-31(40(46(35,2)45(52)57)26-4-11-30(12-5-26)59-21-18-53)13-14-32-39(34)44(56)51(42(32)54)29-9-7-28(8-10-29)50-16-19-58-20-17-50/h4-13,15,22,24,32,34-35,39-40,53H,14,16-21,23H2,1-3H3/t32-,34+,35-,39-,40-,46+/m0/s1. The van der Waals surface area contributed by atoms with Crippen LogP contribution in [-0.2, 0) is 31.0 Å². The number of aromatic nitrogens is 2. The van der Waals surface area contributed by atoms with Gasteiger partial charge in [-0.15, -0.1) is 11.3 Å². The minimum Gasteiger partial charge on any atom is -0.491 e. The number of anilines is 3. The van der Waals surface area contributed by atoms with E-state index in [-0.39, 0.29) is 43.3 Å². The van der Waals surface area contributed by atoms with Gasteiger partial charge >= 0.3 is 0 Å². The fourth-order valence-corrected chi connectivity index (χ4v) is 12.0. The van der Waals surface area contributed by atoms with Gasteiger partial charge in [-0.2, -0.15) is 5.10 Å². The molecule has 14 heteroatoms. The number of nitrogens with zero attached hydrogens (tertiary/aromatic N) is 5. The van der Waals surface area contributed by atoms with E-state index in [2.05, 4.69) is 11.0 Å². The molecule has 2 aliphatic carbocycles. The van der Waals surface area contributed by atoms with Crippen molar-refractivity contribution in [3.8, 4) is 16.3 Å². The van der Waals surface area contributed by atoms with Crippen LogP contribution in [0, 0.1) is 36.0 Å². The molecule has 5 heterocycles. The number of morpholine rings is 1. The highest BCUT2D eigenvalue weighted by Gasteiger charge is 2.68. The van der Waals surface area contributed by atoms with Gasteiger partial charge in [-0.25, -0.2) is 4.90 Å². The third-order valence-electron chi connectivity index (χ3n) is 13.5. The first-order valence-electron chi connectivity index (χ1n) is 20.4. The number of allylic oxidation sites excluding steroid dienone is 2. The van der Waals surface area contributed by atoms with E-state index < -0.39 is 35.0 Å². The molecule has 0 spiro atoms. The first kappa shape index (κ1) is 38.8. The average Bonchev–Trinajstić information content (AvgIpc) is 3.93. The number of amides is 4. The van der Waals surface area contributed by atoms with Crippen LogP contribution in [0.1, 0.15) is 36.8 Å². The van der Waals surface area contributed by atoms with Crippen molar-refractivity contribution in [3.05, 3.63) is 101 Å². The molecule has 10 rings (SSSR count). The Morgan fingerprint density at radius 2 is 1.65 bits per heavy atom. The van der Waals surface area contributed by atoms with Crippen LogP contribution in [0.15, 0.2) is 84.4 Å². The fourth-order valence-electron chi connectivity index (χ4n) is 10.6. The molecule has 5 aromatic rings. The van der Waals surface area contributed by atoms with Gasteiger partial charge in [0.25, 0.3) is 0 Å². The van der Waals surface area contributed by atoms with Crippen LogP contribution in [-0.4, -0.2) is 78.0 Å². The maximum Gasteiger partial charge on any atom is 0.242 e. The molecule has 3 aliphatic heterocycles. The third-order valence-corrected chi connectivity index (χ3v) is 15.1. The Labute approximate surface area is 355 Å². The summed E-state index contributed by atoms with van der Waals surface area (Å²) in [5.74, 6) is -3.40. The van der Waals surface area contributed by atoms with Crippen molar-refractivity contribution in [2.24, 2.45) is 36.1 Å². The van der Waals surface area contributed by atoms with Gasteiger partial charge in [0.2, 0.25) is 23.6 Å². The van der Waals surface area contributed by atoms with E-state index in [0.29, 0.717) is 47.6 Å². The van der Waals surface area contributed by atoms with Gasteiger partial charge in [0, 0.05) is 47.5 Å². The lowest BCUT2D eigenvalue weighted by Gasteiger charge is -2.49.